The highest BCUT2D eigenvalue weighted by atomic mass is 15.2. The highest BCUT2D eigenvalue weighted by molar-refractivity contribution is 5.54. The Kier molecular flexibility index (Phi) is 5.12. The zero-order valence-electron chi connectivity index (χ0n) is 13.5. The summed E-state index contributed by atoms with van der Waals surface area (Å²) < 4.78 is 0. The standard InChI is InChI=1S/C20H26N2/c1-2-21(16-18-10-4-3-5-11-18)17-19-12-6-7-13-20(19)22-14-8-9-15-22/h3-7,10-13H,2,8-9,14-17H2,1H3. The smallest absolute Gasteiger partial charge is 0.0411 e. The van der Waals surface area contributed by atoms with Crippen LogP contribution >= 0.6 is 0 Å². The summed E-state index contributed by atoms with van der Waals surface area (Å²) in [4.78, 5) is 5.07. The van der Waals surface area contributed by atoms with Gasteiger partial charge in [0.25, 0.3) is 0 Å². The summed E-state index contributed by atoms with van der Waals surface area (Å²) in [6.07, 6.45) is 2.66. The van der Waals surface area contributed by atoms with Gasteiger partial charge in [-0.1, -0.05) is 55.5 Å². The van der Waals surface area contributed by atoms with E-state index >= 15 is 0 Å². The topological polar surface area (TPSA) is 6.48 Å². The molecule has 0 radical (unpaired) electrons. The van der Waals surface area contributed by atoms with Crippen molar-refractivity contribution in [3.05, 3.63) is 65.7 Å². The maximum absolute atomic E-state index is 2.55. The van der Waals surface area contributed by atoms with Crippen LogP contribution in [0, 0.1) is 0 Å². The van der Waals surface area contributed by atoms with Crippen LogP contribution in [0.4, 0.5) is 5.69 Å². The van der Waals surface area contributed by atoms with Gasteiger partial charge in [-0.2, -0.15) is 0 Å². The fourth-order valence-electron chi connectivity index (χ4n) is 3.27. The summed E-state index contributed by atoms with van der Waals surface area (Å²) in [6, 6.07) is 19.7. The van der Waals surface area contributed by atoms with Gasteiger partial charge < -0.3 is 4.90 Å². The molecule has 1 aliphatic rings. The number of benzene rings is 2. The Hall–Kier alpha value is -1.80. The maximum atomic E-state index is 2.55. The molecular weight excluding hydrogens is 268 g/mol. The lowest BCUT2D eigenvalue weighted by atomic mass is 10.1. The summed E-state index contributed by atoms with van der Waals surface area (Å²) >= 11 is 0. The highest BCUT2D eigenvalue weighted by Crippen LogP contribution is 2.26. The molecule has 0 bridgehead atoms. The van der Waals surface area contributed by atoms with Crippen molar-refractivity contribution >= 4 is 5.69 Å². The minimum atomic E-state index is 1.02. The summed E-state index contributed by atoms with van der Waals surface area (Å²) in [5, 5.41) is 0. The Balaban J connectivity index is 1.73. The zero-order valence-corrected chi connectivity index (χ0v) is 13.5. The molecule has 1 saturated heterocycles. The monoisotopic (exact) mass is 294 g/mol. The molecule has 0 unspecified atom stereocenters. The third-order valence-electron chi connectivity index (χ3n) is 4.53. The average molecular weight is 294 g/mol. The maximum Gasteiger partial charge on any atom is 0.0411 e. The summed E-state index contributed by atoms with van der Waals surface area (Å²) in [5.41, 5.74) is 4.29. The lowest BCUT2D eigenvalue weighted by Crippen LogP contribution is -2.25. The Labute approximate surface area is 134 Å². The van der Waals surface area contributed by atoms with Gasteiger partial charge in [0.05, 0.1) is 0 Å². The SMILES string of the molecule is CCN(Cc1ccccc1)Cc1ccccc1N1CCCC1. The Morgan fingerprint density at radius 2 is 1.55 bits per heavy atom. The van der Waals surface area contributed by atoms with Gasteiger partial charge in [-0.05, 0) is 36.6 Å². The van der Waals surface area contributed by atoms with Gasteiger partial charge in [0.2, 0.25) is 0 Å². The van der Waals surface area contributed by atoms with E-state index in [9.17, 15) is 0 Å². The van der Waals surface area contributed by atoms with Crippen molar-refractivity contribution in [3.8, 4) is 0 Å². The molecule has 2 heteroatoms. The van der Waals surface area contributed by atoms with Gasteiger partial charge in [-0.15, -0.1) is 0 Å². The number of para-hydroxylation sites is 1. The molecule has 2 nitrogen and oxygen atoms in total. The van der Waals surface area contributed by atoms with Gasteiger partial charge in [0.1, 0.15) is 0 Å². The lowest BCUT2D eigenvalue weighted by Gasteiger charge is -2.26. The molecule has 3 rings (SSSR count). The predicted octanol–water partition coefficient (Wildman–Crippen LogP) is 4.31. The van der Waals surface area contributed by atoms with Crippen LogP contribution in [0.3, 0.4) is 0 Å². The van der Waals surface area contributed by atoms with Crippen LogP contribution in [0.5, 0.6) is 0 Å². The van der Waals surface area contributed by atoms with Crippen molar-refractivity contribution in [1.82, 2.24) is 4.90 Å². The molecule has 1 fully saturated rings. The fourth-order valence-corrected chi connectivity index (χ4v) is 3.27. The molecule has 0 spiro atoms. The van der Waals surface area contributed by atoms with Crippen molar-refractivity contribution in [2.75, 3.05) is 24.5 Å². The van der Waals surface area contributed by atoms with E-state index in [1.165, 1.54) is 42.7 Å². The summed E-state index contributed by atoms with van der Waals surface area (Å²) in [7, 11) is 0. The van der Waals surface area contributed by atoms with E-state index in [0.717, 1.165) is 19.6 Å². The molecule has 0 aliphatic carbocycles. The molecule has 22 heavy (non-hydrogen) atoms. The molecule has 2 aromatic rings. The molecule has 1 heterocycles. The Bertz CT molecular complexity index is 573. The van der Waals surface area contributed by atoms with E-state index in [0.29, 0.717) is 0 Å². The van der Waals surface area contributed by atoms with E-state index in [2.05, 4.69) is 71.3 Å². The second-order valence-electron chi connectivity index (χ2n) is 6.11. The molecule has 0 N–H and O–H groups in total. The van der Waals surface area contributed by atoms with Crippen LogP contribution in [0.15, 0.2) is 54.6 Å². The highest BCUT2D eigenvalue weighted by Gasteiger charge is 2.16. The van der Waals surface area contributed by atoms with E-state index in [1.807, 2.05) is 0 Å². The largest absolute Gasteiger partial charge is 0.371 e. The van der Waals surface area contributed by atoms with Crippen molar-refractivity contribution < 1.29 is 0 Å². The number of nitrogens with zero attached hydrogens (tertiary/aromatic N) is 2. The molecule has 1 aliphatic heterocycles. The predicted molar refractivity (Wildman–Crippen MR) is 94.1 cm³/mol. The number of hydrogen-bond donors (Lipinski definition) is 0. The van der Waals surface area contributed by atoms with Gasteiger partial charge in [-0.3, -0.25) is 4.90 Å². The lowest BCUT2D eigenvalue weighted by molar-refractivity contribution is 0.271. The molecule has 0 atom stereocenters. The minimum Gasteiger partial charge on any atom is -0.371 e. The Morgan fingerprint density at radius 1 is 0.864 bits per heavy atom. The molecule has 0 aromatic heterocycles. The normalized spacial score (nSPS) is 14.7. The number of rotatable bonds is 6. The van der Waals surface area contributed by atoms with E-state index in [1.54, 1.807) is 0 Å². The minimum absolute atomic E-state index is 1.02. The quantitative estimate of drug-likeness (QED) is 0.783. The summed E-state index contributed by atoms with van der Waals surface area (Å²) in [5.74, 6) is 0. The van der Waals surface area contributed by atoms with E-state index < -0.39 is 0 Å². The third-order valence-corrected chi connectivity index (χ3v) is 4.53. The Morgan fingerprint density at radius 3 is 2.27 bits per heavy atom. The molecule has 0 saturated carbocycles. The molecule has 0 amide bonds. The number of anilines is 1. The fraction of sp³-hybridized carbons (Fsp3) is 0.400. The molecule has 2 aromatic carbocycles. The van der Waals surface area contributed by atoms with Gasteiger partial charge in [0, 0.05) is 31.9 Å². The molecule has 116 valence electrons. The average Bonchev–Trinajstić information content (AvgIpc) is 3.10. The van der Waals surface area contributed by atoms with Crippen LogP contribution in [0.1, 0.15) is 30.9 Å². The molecular formula is C20H26N2. The van der Waals surface area contributed by atoms with E-state index in [-0.39, 0.29) is 0 Å². The third kappa shape index (κ3) is 3.69. The van der Waals surface area contributed by atoms with Crippen LogP contribution in [0.25, 0.3) is 0 Å². The van der Waals surface area contributed by atoms with Crippen molar-refractivity contribution in [3.63, 3.8) is 0 Å². The first-order valence-electron chi connectivity index (χ1n) is 8.46. The zero-order chi connectivity index (χ0) is 15.2. The van der Waals surface area contributed by atoms with Gasteiger partial charge >= 0.3 is 0 Å². The van der Waals surface area contributed by atoms with Crippen LogP contribution in [0.2, 0.25) is 0 Å². The van der Waals surface area contributed by atoms with E-state index in [4.69, 9.17) is 0 Å². The van der Waals surface area contributed by atoms with Crippen LogP contribution < -0.4 is 4.90 Å². The van der Waals surface area contributed by atoms with Crippen molar-refractivity contribution in [2.24, 2.45) is 0 Å². The summed E-state index contributed by atoms with van der Waals surface area (Å²) in [6.45, 7) is 7.79. The first-order chi connectivity index (χ1) is 10.9. The van der Waals surface area contributed by atoms with Crippen LogP contribution in [-0.2, 0) is 13.1 Å². The van der Waals surface area contributed by atoms with Crippen LogP contribution in [-0.4, -0.2) is 24.5 Å². The van der Waals surface area contributed by atoms with Gasteiger partial charge in [-0.25, -0.2) is 0 Å². The van der Waals surface area contributed by atoms with Gasteiger partial charge in [0.15, 0.2) is 0 Å². The first-order valence-corrected chi connectivity index (χ1v) is 8.46. The van der Waals surface area contributed by atoms with Crippen molar-refractivity contribution in [2.45, 2.75) is 32.9 Å². The second-order valence-corrected chi connectivity index (χ2v) is 6.11. The second kappa shape index (κ2) is 7.46. The first kappa shape index (κ1) is 15.1. The number of hydrogen-bond acceptors (Lipinski definition) is 2. The van der Waals surface area contributed by atoms with Crippen molar-refractivity contribution in [1.29, 1.82) is 0 Å².